The molecule has 0 aliphatic heterocycles. The first-order chi connectivity index (χ1) is 6.19. The van der Waals surface area contributed by atoms with E-state index < -0.39 is 0 Å². The molecule has 0 N–H and O–H groups in total. The van der Waals surface area contributed by atoms with E-state index >= 15 is 0 Å². The molecule has 0 fully saturated rings. The maximum atomic E-state index is 8.74. The van der Waals surface area contributed by atoms with Crippen molar-refractivity contribution >= 4 is 28.9 Å². The Morgan fingerprint density at radius 3 is 2.54 bits per heavy atom. The van der Waals surface area contributed by atoms with Gasteiger partial charge in [0.2, 0.25) is 0 Å². The van der Waals surface area contributed by atoms with Gasteiger partial charge < -0.3 is 0 Å². The van der Waals surface area contributed by atoms with E-state index in [0.29, 0.717) is 16.6 Å². The molecule has 0 saturated carbocycles. The van der Waals surface area contributed by atoms with Crippen LogP contribution in [0.25, 0.3) is 0 Å². The standard InChI is InChI=1S/C9H8Cl2N2/c1-2-13(6-12)7-3-4-8(10)9(11)5-7/h3-5H,2H2,1H3. The van der Waals surface area contributed by atoms with Crippen LogP contribution in [0.2, 0.25) is 10.0 Å². The molecule has 0 aromatic heterocycles. The van der Waals surface area contributed by atoms with Gasteiger partial charge in [-0.15, -0.1) is 0 Å². The molecular weight excluding hydrogens is 207 g/mol. The van der Waals surface area contributed by atoms with E-state index in [4.69, 9.17) is 28.5 Å². The van der Waals surface area contributed by atoms with Gasteiger partial charge in [0, 0.05) is 6.54 Å². The minimum absolute atomic E-state index is 0.466. The maximum absolute atomic E-state index is 8.74. The second-order valence-electron chi connectivity index (χ2n) is 2.44. The molecule has 0 unspecified atom stereocenters. The summed E-state index contributed by atoms with van der Waals surface area (Å²) < 4.78 is 0. The zero-order valence-corrected chi connectivity index (χ0v) is 8.60. The Bertz CT molecular complexity index is 344. The van der Waals surface area contributed by atoms with Crippen LogP contribution in [0.1, 0.15) is 6.92 Å². The third-order valence-electron chi connectivity index (χ3n) is 1.65. The Labute approximate surface area is 87.3 Å². The van der Waals surface area contributed by atoms with E-state index in [1.165, 1.54) is 4.90 Å². The van der Waals surface area contributed by atoms with Crippen LogP contribution in [0.4, 0.5) is 5.69 Å². The third-order valence-corrected chi connectivity index (χ3v) is 2.39. The van der Waals surface area contributed by atoms with Crippen LogP contribution in [0.15, 0.2) is 18.2 Å². The monoisotopic (exact) mass is 214 g/mol. The van der Waals surface area contributed by atoms with E-state index in [1.807, 2.05) is 13.1 Å². The number of hydrogen-bond donors (Lipinski definition) is 0. The SMILES string of the molecule is CCN(C#N)c1ccc(Cl)c(Cl)c1. The smallest absolute Gasteiger partial charge is 0.184 e. The maximum Gasteiger partial charge on any atom is 0.184 e. The molecule has 0 aliphatic rings. The molecule has 0 bridgehead atoms. The van der Waals surface area contributed by atoms with Gasteiger partial charge in [0.1, 0.15) is 0 Å². The molecule has 1 aromatic carbocycles. The number of nitriles is 1. The normalized spacial score (nSPS) is 9.38. The molecule has 0 amide bonds. The zero-order chi connectivity index (χ0) is 9.84. The molecule has 68 valence electrons. The lowest BCUT2D eigenvalue weighted by atomic mass is 10.3. The first kappa shape index (κ1) is 10.2. The minimum Gasteiger partial charge on any atom is -0.280 e. The van der Waals surface area contributed by atoms with Crippen LogP contribution in [0.3, 0.4) is 0 Å². The predicted octanol–water partition coefficient (Wildman–Crippen LogP) is 3.30. The van der Waals surface area contributed by atoms with Crippen molar-refractivity contribution in [3.05, 3.63) is 28.2 Å². The van der Waals surface area contributed by atoms with Crippen molar-refractivity contribution in [2.75, 3.05) is 11.4 Å². The predicted molar refractivity (Wildman–Crippen MR) is 55.1 cm³/mol. The fourth-order valence-corrected chi connectivity index (χ4v) is 1.26. The number of benzene rings is 1. The molecule has 0 aliphatic carbocycles. The zero-order valence-electron chi connectivity index (χ0n) is 7.09. The van der Waals surface area contributed by atoms with E-state index in [0.717, 1.165) is 5.69 Å². The highest BCUT2D eigenvalue weighted by Crippen LogP contribution is 2.26. The lowest BCUT2D eigenvalue weighted by Crippen LogP contribution is -2.14. The molecule has 0 spiro atoms. The first-order valence-corrected chi connectivity index (χ1v) is 4.57. The molecular formula is C9H8Cl2N2. The van der Waals surface area contributed by atoms with Crippen LogP contribution in [0, 0.1) is 11.5 Å². The summed E-state index contributed by atoms with van der Waals surface area (Å²) in [5.41, 5.74) is 0.763. The largest absolute Gasteiger partial charge is 0.280 e. The van der Waals surface area contributed by atoms with Crippen LogP contribution < -0.4 is 4.90 Å². The number of rotatable bonds is 2. The van der Waals surface area contributed by atoms with Gasteiger partial charge in [0.05, 0.1) is 15.7 Å². The van der Waals surface area contributed by atoms with Crippen LogP contribution >= 0.6 is 23.2 Å². The van der Waals surface area contributed by atoms with Gasteiger partial charge >= 0.3 is 0 Å². The summed E-state index contributed by atoms with van der Waals surface area (Å²) in [5, 5.41) is 9.70. The van der Waals surface area contributed by atoms with Gasteiger partial charge in [0.25, 0.3) is 0 Å². The molecule has 13 heavy (non-hydrogen) atoms. The average Bonchev–Trinajstić information content (AvgIpc) is 2.13. The molecule has 1 aromatic rings. The molecule has 0 radical (unpaired) electrons. The van der Waals surface area contributed by atoms with Crippen LogP contribution in [0.5, 0.6) is 0 Å². The topological polar surface area (TPSA) is 27.0 Å². The quantitative estimate of drug-likeness (QED) is 0.559. The summed E-state index contributed by atoms with van der Waals surface area (Å²) >= 11 is 11.5. The minimum atomic E-state index is 0.466. The first-order valence-electron chi connectivity index (χ1n) is 3.81. The Morgan fingerprint density at radius 1 is 1.38 bits per heavy atom. The fraction of sp³-hybridized carbons (Fsp3) is 0.222. The van der Waals surface area contributed by atoms with E-state index in [9.17, 15) is 0 Å². The molecule has 1 rings (SSSR count). The highest BCUT2D eigenvalue weighted by atomic mass is 35.5. The second-order valence-corrected chi connectivity index (χ2v) is 3.26. The Morgan fingerprint density at radius 2 is 2.08 bits per heavy atom. The molecule has 0 atom stereocenters. The van der Waals surface area contributed by atoms with Crippen LogP contribution in [-0.2, 0) is 0 Å². The average molecular weight is 215 g/mol. The van der Waals surface area contributed by atoms with E-state index in [2.05, 4.69) is 0 Å². The highest BCUT2D eigenvalue weighted by Gasteiger charge is 2.04. The lowest BCUT2D eigenvalue weighted by Gasteiger charge is -2.12. The van der Waals surface area contributed by atoms with Crippen molar-refractivity contribution in [1.82, 2.24) is 0 Å². The molecule has 0 heterocycles. The van der Waals surface area contributed by atoms with Crippen molar-refractivity contribution in [2.45, 2.75) is 6.92 Å². The number of nitrogens with zero attached hydrogens (tertiary/aromatic N) is 2. The van der Waals surface area contributed by atoms with Crippen LogP contribution in [-0.4, -0.2) is 6.54 Å². The number of halogens is 2. The summed E-state index contributed by atoms with van der Waals surface area (Å²) in [6, 6.07) is 5.12. The van der Waals surface area contributed by atoms with Gasteiger partial charge in [-0.25, -0.2) is 0 Å². The summed E-state index contributed by atoms with van der Waals surface area (Å²) in [5.74, 6) is 0. The van der Waals surface area contributed by atoms with Gasteiger partial charge in [-0.1, -0.05) is 23.2 Å². The van der Waals surface area contributed by atoms with Gasteiger partial charge in [-0.05, 0) is 25.1 Å². The van der Waals surface area contributed by atoms with Crippen molar-refractivity contribution in [1.29, 1.82) is 5.26 Å². The van der Waals surface area contributed by atoms with Gasteiger partial charge in [-0.3, -0.25) is 4.90 Å². The highest BCUT2D eigenvalue weighted by molar-refractivity contribution is 6.42. The van der Waals surface area contributed by atoms with Crippen molar-refractivity contribution < 1.29 is 0 Å². The summed E-state index contributed by atoms with van der Waals surface area (Å²) in [4.78, 5) is 1.53. The number of anilines is 1. The Kier molecular flexibility index (Phi) is 3.41. The number of hydrogen-bond acceptors (Lipinski definition) is 2. The van der Waals surface area contributed by atoms with Gasteiger partial charge in [0.15, 0.2) is 6.19 Å². The van der Waals surface area contributed by atoms with E-state index in [-0.39, 0.29) is 0 Å². The van der Waals surface area contributed by atoms with Crippen molar-refractivity contribution in [2.24, 2.45) is 0 Å². The summed E-state index contributed by atoms with van der Waals surface area (Å²) in [6.45, 7) is 2.51. The lowest BCUT2D eigenvalue weighted by molar-refractivity contribution is 1.03. The second kappa shape index (κ2) is 4.36. The Hall–Kier alpha value is -0.910. The third kappa shape index (κ3) is 2.27. The molecule has 2 nitrogen and oxygen atoms in total. The van der Waals surface area contributed by atoms with Crippen molar-refractivity contribution in [3.8, 4) is 6.19 Å². The van der Waals surface area contributed by atoms with E-state index in [1.54, 1.807) is 18.2 Å². The molecule has 0 saturated heterocycles. The van der Waals surface area contributed by atoms with Gasteiger partial charge in [-0.2, -0.15) is 5.26 Å². The fourth-order valence-electron chi connectivity index (χ4n) is 0.964. The summed E-state index contributed by atoms with van der Waals surface area (Å²) in [6.07, 6.45) is 2.05. The summed E-state index contributed by atoms with van der Waals surface area (Å²) in [7, 11) is 0. The Balaban J connectivity index is 3.04. The van der Waals surface area contributed by atoms with Crippen molar-refractivity contribution in [3.63, 3.8) is 0 Å². The molecule has 4 heteroatoms.